The molecule has 0 aromatic carbocycles. The summed E-state index contributed by atoms with van der Waals surface area (Å²) >= 11 is 0. The first-order valence-electron chi connectivity index (χ1n) is 8.51. The molecule has 0 aromatic heterocycles. The van der Waals surface area contributed by atoms with Crippen LogP contribution in [0.25, 0.3) is 0 Å². The van der Waals surface area contributed by atoms with Gasteiger partial charge in [0.15, 0.2) is 0 Å². The standard InChI is InChI=1S/C17H33N/c1-4-7-8-13(5-2)9-17(18-6-3)16-11-14-10-15(14)12-16/h13-18H,4-12H2,1-3H3. The van der Waals surface area contributed by atoms with E-state index in [1.54, 1.807) is 6.42 Å². The van der Waals surface area contributed by atoms with Crippen molar-refractivity contribution in [2.24, 2.45) is 23.7 Å². The van der Waals surface area contributed by atoms with Gasteiger partial charge in [0.25, 0.3) is 0 Å². The number of fused-ring (bicyclic) bond motifs is 1. The average Bonchev–Trinajstić information content (AvgIpc) is 3.00. The van der Waals surface area contributed by atoms with E-state index in [0.29, 0.717) is 0 Å². The number of hydrogen-bond acceptors (Lipinski definition) is 1. The van der Waals surface area contributed by atoms with Crippen molar-refractivity contribution in [3.05, 3.63) is 0 Å². The van der Waals surface area contributed by atoms with E-state index in [2.05, 4.69) is 26.1 Å². The summed E-state index contributed by atoms with van der Waals surface area (Å²) in [7, 11) is 0. The molecule has 0 aliphatic heterocycles. The smallest absolute Gasteiger partial charge is 0.00980 e. The van der Waals surface area contributed by atoms with Crippen LogP contribution in [0.5, 0.6) is 0 Å². The first-order valence-corrected chi connectivity index (χ1v) is 8.51. The number of rotatable bonds is 9. The molecular formula is C17H33N. The normalized spacial score (nSPS) is 33.2. The Morgan fingerprint density at radius 2 is 1.78 bits per heavy atom. The third-order valence-electron chi connectivity index (χ3n) is 5.45. The average molecular weight is 251 g/mol. The Balaban J connectivity index is 1.80. The van der Waals surface area contributed by atoms with Crippen LogP contribution >= 0.6 is 0 Å². The summed E-state index contributed by atoms with van der Waals surface area (Å²) in [5, 5.41) is 3.81. The van der Waals surface area contributed by atoms with Crippen LogP contribution in [0.3, 0.4) is 0 Å². The third-order valence-corrected chi connectivity index (χ3v) is 5.45. The Labute approximate surface area is 114 Å². The maximum atomic E-state index is 3.81. The highest BCUT2D eigenvalue weighted by atomic mass is 14.9. The van der Waals surface area contributed by atoms with Gasteiger partial charge in [0.2, 0.25) is 0 Å². The van der Waals surface area contributed by atoms with Crippen LogP contribution in [-0.4, -0.2) is 12.6 Å². The molecule has 1 heteroatoms. The molecule has 0 amide bonds. The highest BCUT2D eigenvalue weighted by molar-refractivity contribution is 4.99. The summed E-state index contributed by atoms with van der Waals surface area (Å²) in [6, 6.07) is 0.824. The topological polar surface area (TPSA) is 12.0 Å². The third kappa shape index (κ3) is 3.73. The zero-order valence-corrected chi connectivity index (χ0v) is 12.8. The maximum absolute atomic E-state index is 3.81. The minimum absolute atomic E-state index is 0.824. The molecule has 2 aliphatic rings. The summed E-state index contributed by atoms with van der Waals surface area (Å²) in [6.45, 7) is 8.13. The molecule has 0 saturated heterocycles. The van der Waals surface area contributed by atoms with Crippen molar-refractivity contribution in [2.45, 2.75) is 78.2 Å². The summed E-state index contributed by atoms with van der Waals surface area (Å²) in [5.74, 6) is 4.23. The first-order chi connectivity index (χ1) is 8.78. The van der Waals surface area contributed by atoms with Gasteiger partial charge in [-0.25, -0.2) is 0 Å². The fourth-order valence-corrected chi connectivity index (χ4v) is 4.14. The second kappa shape index (κ2) is 6.93. The van der Waals surface area contributed by atoms with E-state index < -0.39 is 0 Å². The second-order valence-corrected chi connectivity index (χ2v) is 6.80. The van der Waals surface area contributed by atoms with Gasteiger partial charge in [-0.3, -0.25) is 0 Å². The molecule has 2 saturated carbocycles. The van der Waals surface area contributed by atoms with Crippen molar-refractivity contribution in [1.82, 2.24) is 5.32 Å². The number of hydrogen-bond donors (Lipinski definition) is 1. The molecule has 1 nitrogen and oxygen atoms in total. The van der Waals surface area contributed by atoms with Gasteiger partial charge in [-0.1, -0.05) is 46.5 Å². The van der Waals surface area contributed by atoms with Crippen molar-refractivity contribution < 1.29 is 0 Å². The van der Waals surface area contributed by atoms with Crippen LogP contribution in [-0.2, 0) is 0 Å². The van der Waals surface area contributed by atoms with E-state index in [4.69, 9.17) is 0 Å². The Morgan fingerprint density at radius 3 is 2.33 bits per heavy atom. The van der Waals surface area contributed by atoms with Gasteiger partial charge in [-0.2, -0.15) is 0 Å². The van der Waals surface area contributed by atoms with E-state index in [9.17, 15) is 0 Å². The molecule has 0 bridgehead atoms. The Morgan fingerprint density at radius 1 is 1.06 bits per heavy atom. The van der Waals surface area contributed by atoms with Crippen LogP contribution < -0.4 is 5.32 Å². The van der Waals surface area contributed by atoms with Gasteiger partial charge in [0.1, 0.15) is 0 Å². The lowest BCUT2D eigenvalue weighted by atomic mass is 9.84. The number of unbranched alkanes of at least 4 members (excludes halogenated alkanes) is 1. The fourth-order valence-electron chi connectivity index (χ4n) is 4.14. The lowest BCUT2D eigenvalue weighted by Gasteiger charge is -2.29. The molecule has 1 N–H and O–H groups in total. The van der Waals surface area contributed by atoms with Gasteiger partial charge in [0.05, 0.1) is 0 Å². The van der Waals surface area contributed by atoms with Crippen molar-refractivity contribution in [3.8, 4) is 0 Å². The molecule has 4 atom stereocenters. The Bertz CT molecular complexity index is 228. The van der Waals surface area contributed by atoms with Gasteiger partial charge in [0, 0.05) is 6.04 Å². The van der Waals surface area contributed by atoms with Gasteiger partial charge < -0.3 is 5.32 Å². The minimum Gasteiger partial charge on any atom is -0.314 e. The molecule has 2 fully saturated rings. The molecule has 0 aromatic rings. The molecule has 0 spiro atoms. The van der Waals surface area contributed by atoms with Crippen LogP contribution in [0.1, 0.15) is 72.1 Å². The second-order valence-electron chi connectivity index (χ2n) is 6.80. The van der Waals surface area contributed by atoms with E-state index in [1.165, 1.54) is 44.9 Å². The van der Waals surface area contributed by atoms with E-state index >= 15 is 0 Å². The molecule has 106 valence electrons. The van der Waals surface area contributed by atoms with Crippen molar-refractivity contribution >= 4 is 0 Å². The highest BCUT2D eigenvalue weighted by Crippen LogP contribution is 2.55. The summed E-state index contributed by atoms with van der Waals surface area (Å²) < 4.78 is 0. The molecule has 2 rings (SSSR count). The lowest BCUT2D eigenvalue weighted by molar-refractivity contribution is 0.268. The monoisotopic (exact) mass is 251 g/mol. The largest absolute Gasteiger partial charge is 0.314 e. The summed E-state index contributed by atoms with van der Waals surface area (Å²) in [5.41, 5.74) is 0. The van der Waals surface area contributed by atoms with Crippen molar-refractivity contribution in [1.29, 1.82) is 0 Å². The maximum Gasteiger partial charge on any atom is 0.00980 e. The Hall–Kier alpha value is -0.0400. The predicted molar refractivity (Wildman–Crippen MR) is 79.7 cm³/mol. The van der Waals surface area contributed by atoms with Crippen molar-refractivity contribution in [2.75, 3.05) is 6.54 Å². The molecule has 2 aliphatic carbocycles. The van der Waals surface area contributed by atoms with E-state index in [-0.39, 0.29) is 0 Å². The quantitative estimate of drug-likeness (QED) is 0.630. The lowest BCUT2D eigenvalue weighted by Crippen LogP contribution is -2.37. The van der Waals surface area contributed by atoms with Gasteiger partial charge >= 0.3 is 0 Å². The zero-order chi connectivity index (χ0) is 13.0. The van der Waals surface area contributed by atoms with Crippen LogP contribution in [0, 0.1) is 23.7 Å². The first kappa shape index (κ1) is 14.4. The van der Waals surface area contributed by atoms with Crippen molar-refractivity contribution in [3.63, 3.8) is 0 Å². The SMILES string of the molecule is CCCCC(CC)CC(NCC)C1CC2CC2C1. The molecular weight excluding hydrogens is 218 g/mol. The summed E-state index contributed by atoms with van der Waals surface area (Å²) in [6.07, 6.45) is 11.7. The van der Waals surface area contributed by atoms with Crippen LogP contribution in [0.15, 0.2) is 0 Å². The molecule has 4 unspecified atom stereocenters. The highest BCUT2D eigenvalue weighted by Gasteiger charge is 2.47. The zero-order valence-electron chi connectivity index (χ0n) is 12.8. The molecule has 18 heavy (non-hydrogen) atoms. The van der Waals surface area contributed by atoms with Crippen LogP contribution in [0.4, 0.5) is 0 Å². The van der Waals surface area contributed by atoms with Gasteiger partial charge in [-0.05, 0) is 55.9 Å². The fraction of sp³-hybridized carbons (Fsp3) is 1.00. The van der Waals surface area contributed by atoms with E-state index in [1.807, 2.05) is 0 Å². The van der Waals surface area contributed by atoms with Gasteiger partial charge in [-0.15, -0.1) is 0 Å². The number of nitrogens with one attached hydrogen (secondary N) is 1. The predicted octanol–water partition coefficient (Wildman–Crippen LogP) is 4.62. The summed E-state index contributed by atoms with van der Waals surface area (Å²) in [4.78, 5) is 0. The molecule has 0 radical (unpaired) electrons. The Kier molecular flexibility index (Phi) is 5.54. The van der Waals surface area contributed by atoms with Crippen LogP contribution in [0.2, 0.25) is 0 Å². The van der Waals surface area contributed by atoms with E-state index in [0.717, 1.165) is 36.3 Å². The molecule has 0 heterocycles. The minimum atomic E-state index is 0.824.